The number of allylic oxidation sites excluding steroid dienone is 1. The van der Waals surface area contributed by atoms with Gasteiger partial charge in [0.05, 0.1) is 18.3 Å². The second-order valence-electron chi connectivity index (χ2n) is 4.37. The second kappa shape index (κ2) is 5.52. The van der Waals surface area contributed by atoms with Crippen molar-refractivity contribution in [3.8, 4) is 0 Å². The molecule has 1 saturated heterocycles. The first kappa shape index (κ1) is 13.7. The summed E-state index contributed by atoms with van der Waals surface area (Å²) in [6.07, 6.45) is 2.59. The van der Waals surface area contributed by atoms with Crippen molar-refractivity contribution in [1.82, 2.24) is 9.55 Å². The van der Waals surface area contributed by atoms with Crippen LogP contribution in [0.4, 0.5) is 0 Å². The molecule has 19 heavy (non-hydrogen) atoms. The molecule has 7 nitrogen and oxygen atoms in total. The Morgan fingerprint density at radius 2 is 2.32 bits per heavy atom. The van der Waals surface area contributed by atoms with E-state index in [0.717, 1.165) is 0 Å². The largest absolute Gasteiger partial charge is 0.394 e. The number of nitrogens with one attached hydrogen (secondary N) is 1. The summed E-state index contributed by atoms with van der Waals surface area (Å²) in [5.41, 5.74) is -0.752. The quantitative estimate of drug-likeness (QED) is 0.666. The van der Waals surface area contributed by atoms with Crippen LogP contribution in [-0.4, -0.2) is 38.6 Å². The first-order chi connectivity index (χ1) is 9.06. The lowest BCUT2D eigenvalue weighted by Gasteiger charge is -2.14. The molecule has 0 aromatic carbocycles. The van der Waals surface area contributed by atoms with Crippen LogP contribution in [0.3, 0.4) is 0 Å². The van der Waals surface area contributed by atoms with Crippen LogP contribution in [0, 0.1) is 0 Å². The van der Waals surface area contributed by atoms with Crippen molar-refractivity contribution in [3.63, 3.8) is 0 Å². The minimum atomic E-state index is -0.834. The average Bonchev–Trinajstić information content (AvgIpc) is 2.74. The van der Waals surface area contributed by atoms with Gasteiger partial charge in [0.15, 0.2) is 0 Å². The molecule has 1 aliphatic rings. The van der Waals surface area contributed by atoms with Crippen LogP contribution in [0.15, 0.2) is 21.9 Å². The van der Waals surface area contributed by atoms with E-state index in [1.807, 2.05) is 0 Å². The molecule has 0 bridgehead atoms. The van der Waals surface area contributed by atoms with E-state index in [1.54, 1.807) is 19.1 Å². The number of hydrogen-bond acceptors (Lipinski definition) is 5. The number of rotatable bonds is 3. The van der Waals surface area contributed by atoms with Crippen molar-refractivity contribution in [3.05, 3.63) is 38.7 Å². The van der Waals surface area contributed by atoms with E-state index in [4.69, 9.17) is 9.84 Å². The Labute approximate surface area is 108 Å². The standard InChI is InChI=1S/C12H16N2O5/c1-2-3-7-5-14(12(18)13-11(7)17)10-4-8(16)9(6-15)19-10/h2-3,5,8-10,15-16H,4,6H2,1H3,(H,13,17,18)/b3-2-/t8-,9+,10+/m0/s1. The van der Waals surface area contributed by atoms with Crippen molar-refractivity contribution < 1.29 is 14.9 Å². The van der Waals surface area contributed by atoms with E-state index >= 15 is 0 Å². The zero-order valence-electron chi connectivity index (χ0n) is 10.4. The summed E-state index contributed by atoms with van der Waals surface area (Å²) < 4.78 is 6.60. The van der Waals surface area contributed by atoms with Crippen molar-refractivity contribution in [1.29, 1.82) is 0 Å². The molecular formula is C12H16N2O5. The fraction of sp³-hybridized carbons (Fsp3) is 0.500. The Morgan fingerprint density at radius 3 is 2.89 bits per heavy atom. The van der Waals surface area contributed by atoms with Crippen LogP contribution in [-0.2, 0) is 4.74 Å². The van der Waals surface area contributed by atoms with Gasteiger partial charge in [0.25, 0.3) is 5.56 Å². The van der Waals surface area contributed by atoms with E-state index in [-0.39, 0.29) is 13.0 Å². The van der Waals surface area contributed by atoms with Gasteiger partial charge in [0, 0.05) is 12.6 Å². The van der Waals surface area contributed by atoms with E-state index in [2.05, 4.69) is 4.98 Å². The van der Waals surface area contributed by atoms with E-state index in [9.17, 15) is 14.7 Å². The predicted octanol–water partition coefficient (Wildman–Crippen LogP) is -0.790. The molecule has 1 aromatic heterocycles. The number of nitrogens with zero attached hydrogens (tertiary/aromatic N) is 1. The Kier molecular flexibility index (Phi) is 3.98. The van der Waals surface area contributed by atoms with Gasteiger partial charge in [0.1, 0.15) is 12.3 Å². The van der Waals surface area contributed by atoms with Gasteiger partial charge in [-0.1, -0.05) is 12.2 Å². The van der Waals surface area contributed by atoms with Crippen molar-refractivity contribution in [2.45, 2.75) is 31.8 Å². The Morgan fingerprint density at radius 1 is 1.58 bits per heavy atom. The van der Waals surface area contributed by atoms with E-state index in [0.29, 0.717) is 5.56 Å². The summed E-state index contributed by atoms with van der Waals surface area (Å²) in [7, 11) is 0. The van der Waals surface area contributed by atoms with Crippen molar-refractivity contribution >= 4 is 6.08 Å². The number of ether oxygens (including phenoxy) is 1. The third-order valence-corrected chi connectivity index (χ3v) is 3.04. The van der Waals surface area contributed by atoms with Gasteiger partial charge in [-0.05, 0) is 6.92 Å². The smallest absolute Gasteiger partial charge is 0.330 e. The molecule has 0 amide bonds. The van der Waals surface area contributed by atoms with Gasteiger partial charge >= 0.3 is 5.69 Å². The van der Waals surface area contributed by atoms with Crippen LogP contribution in [0.2, 0.25) is 0 Å². The molecule has 1 aromatic rings. The first-order valence-electron chi connectivity index (χ1n) is 5.99. The third-order valence-electron chi connectivity index (χ3n) is 3.04. The first-order valence-corrected chi connectivity index (χ1v) is 5.99. The van der Waals surface area contributed by atoms with Crippen LogP contribution in [0.1, 0.15) is 25.1 Å². The Bertz CT molecular complexity index is 589. The summed E-state index contributed by atoms with van der Waals surface area (Å²) in [4.78, 5) is 25.5. The molecular weight excluding hydrogens is 252 g/mol. The number of aliphatic hydroxyl groups is 2. The summed E-state index contributed by atoms with van der Waals surface area (Å²) in [6.45, 7) is 1.43. The van der Waals surface area contributed by atoms with E-state index in [1.165, 1.54) is 10.8 Å². The van der Waals surface area contributed by atoms with Crippen LogP contribution in [0.25, 0.3) is 6.08 Å². The Balaban J connectivity index is 2.38. The van der Waals surface area contributed by atoms with Crippen molar-refractivity contribution in [2.24, 2.45) is 0 Å². The molecule has 0 saturated carbocycles. The SMILES string of the molecule is C/C=C\c1cn([C@H]2C[C@H](O)[C@@H](CO)O2)c(=O)[nH]c1=O. The summed E-state index contributed by atoms with van der Waals surface area (Å²) in [6, 6.07) is 0. The lowest BCUT2D eigenvalue weighted by molar-refractivity contribution is -0.0459. The van der Waals surface area contributed by atoms with Gasteiger partial charge in [-0.15, -0.1) is 0 Å². The molecule has 104 valence electrons. The highest BCUT2D eigenvalue weighted by Gasteiger charge is 2.35. The lowest BCUT2D eigenvalue weighted by atomic mass is 10.2. The van der Waals surface area contributed by atoms with Crippen LogP contribution < -0.4 is 11.2 Å². The number of aromatic amines is 1. The van der Waals surface area contributed by atoms with E-state index < -0.39 is 29.7 Å². The zero-order chi connectivity index (χ0) is 14.0. The van der Waals surface area contributed by atoms with Crippen LogP contribution >= 0.6 is 0 Å². The van der Waals surface area contributed by atoms with Gasteiger partial charge < -0.3 is 14.9 Å². The second-order valence-corrected chi connectivity index (χ2v) is 4.37. The average molecular weight is 268 g/mol. The Hall–Kier alpha value is -1.70. The molecule has 0 aliphatic carbocycles. The van der Waals surface area contributed by atoms with Gasteiger partial charge in [-0.3, -0.25) is 14.3 Å². The number of aromatic nitrogens is 2. The molecule has 0 radical (unpaired) electrons. The lowest BCUT2D eigenvalue weighted by Crippen LogP contribution is -2.33. The van der Waals surface area contributed by atoms with Gasteiger partial charge in [-0.25, -0.2) is 4.79 Å². The number of hydrogen-bond donors (Lipinski definition) is 3. The molecule has 3 atom stereocenters. The molecule has 1 aliphatic heterocycles. The van der Waals surface area contributed by atoms with Crippen molar-refractivity contribution in [2.75, 3.05) is 6.61 Å². The third kappa shape index (κ3) is 2.67. The maximum absolute atomic E-state index is 11.7. The molecule has 3 N–H and O–H groups in total. The fourth-order valence-electron chi connectivity index (χ4n) is 2.06. The fourth-order valence-corrected chi connectivity index (χ4v) is 2.06. The minimum Gasteiger partial charge on any atom is -0.394 e. The molecule has 1 fully saturated rings. The minimum absolute atomic E-state index is 0.187. The monoisotopic (exact) mass is 268 g/mol. The van der Waals surface area contributed by atoms with Gasteiger partial charge in [0.2, 0.25) is 0 Å². The highest BCUT2D eigenvalue weighted by Crippen LogP contribution is 2.27. The molecule has 2 rings (SSSR count). The zero-order valence-corrected chi connectivity index (χ0v) is 10.4. The highest BCUT2D eigenvalue weighted by atomic mass is 16.5. The maximum Gasteiger partial charge on any atom is 0.330 e. The topological polar surface area (TPSA) is 105 Å². The van der Waals surface area contributed by atoms with Crippen LogP contribution in [0.5, 0.6) is 0 Å². The summed E-state index contributed by atoms with van der Waals surface area (Å²) in [5.74, 6) is 0. The highest BCUT2D eigenvalue weighted by molar-refractivity contribution is 5.45. The normalized spacial score (nSPS) is 27.2. The summed E-state index contributed by atoms with van der Waals surface area (Å²) in [5, 5.41) is 18.7. The molecule has 0 spiro atoms. The maximum atomic E-state index is 11.7. The molecule has 0 unspecified atom stereocenters. The molecule has 2 heterocycles. The van der Waals surface area contributed by atoms with Gasteiger partial charge in [-0.2, -0.15) is 0 Å². The summed E-state index contributed by atoms with van der Waals surface area (Å²) >= 11 is 0. The number of aliphatic hydroxyl groups excluding tert-OH is 2. The molecule has 7 heteroatoms. The predicted molar refractivity (Wildman–Crippen MR) is 67.7 cm³/mol. The number of H-pyrrole nitrogens is 1.